The lowest BCUT2D eigenvalue weighted by Gasteiger charge is -2.29. The summed E-state index contributed by atoms with van der Waals surface area (Å²) in [5.74, 6) is 0.658. The molecule has 4 rings (SSSR count). The molecule has 2 heterocycles. The molecule has 1 aliphatic heterocycles. The minimum atomic E-state index is -0.196. The van der Waals surface area contributed by atoms with E-state index in [-0.39, 0.29) is 18.4 Å². The maximum absolute atomic E-state index is 12.2. The van der Waals surface area contributed by atoms with Crippen LogP contribution in [0.4, 0.5) is 23.1 Å². The molecule has 0 fully saturated rings. The highest BCUT2D eigenvalue weighted by atomic mass is 79.9. The quantitative estimate of drug-likeness (QED) is 0.402. The van der Waals surface area contributed by atoms with Gasteiger partial charge in [-0.15, -0.1) is 0 Å². The number of anilines is 4. The number of halogens is 1. The fraction of sp³-hybridized carbons (Fsp3) is 0.217. The molecule has 0 unspecified atom stereocenters. The van der Waals surface area contributed by atoms with Gasteiger partial charge in [0.05, 0.1) is 22.3 Å². The third kappa shape index (κ3) is 5.12. The second kappa shape index (κ2) is 9.97. The van der Waals surface area contributed by atoms with Crippen LogP contribution in [0.3, 0.4) is 0 Å². The average Bonchev–Trinajstić information content (AvgIpc) is 2.85. The van der Waals surface area contributed by atoms with Crippen LogP contribution in [-0.2, 0) is 17.8 Å². The zero-order valence-corrected chi connectivity index (χ0v) is 19.6. The van der Waals surface area contributed by atoms with E-state index in [0.29, 0.717) is 40.6 Å². The van der Waals surface area contributed by atoms with Gasteiger partial charge in [0.1, 0.15) is 5.82 Å². The van der Waals surface area contributed by atoms with E-state index < -0.39 is 0 Å². The number of nitrogens with zero attached hydrogens (tertiary/aromatic N) is 3. The summed E-state index contributed by atoms with van der Waals surface area (Å²) in [6.45, 7) is 1.22. The standard InChI is InChI=1S/C23H24BrN7O2/c1-26-22(33)17-4-2-3-5-19(17)29-21-18(24)12-27-23(30-21)28-16-7-6-14-8-9-31(20(32)11-25)13-15(14)10-16/h2-7,10,12H,8-9,11,13,25H2,1H3,(H,26,33)(H2,27,28,29,30). The van der Waals surface area contributed by atoms with Crippen LogP contribution < -0.4 is 21.7 Å². The van der Waals surface area contributed by atoms with Crippen molar-refractivity contribution in [2.75, 3.05) is 30.8 Å². The third-order valence-electron chi connectivity index (χ3n) is 5.40. The number of amides is 2. The fourth-order valence-corrected chi connectivity index (χ4v) is 3.96. The monoisotopic (exact) mass is 509 g/mol. The number of aromatic nitrogens is 2. The van der Waals surface area contributed by atoms with Crippen molar-refractivity contribution in [1.29, 1.82) is 0 Å². The number of hydrogen-bond acceptors (Lipinski definition) is 7. The van der Waals surface area contributed by atoms with Gasteiger partial charge >= 0.3 is 0 Å². The fourth-order valence-electron chi connectivity index (χ4n) is 3.67. The number of carbonyl (C=O) groups is 2. The molecule has 0 aliphatic carbocycles. The number of para-hydroxylation sites is 1. The first-order valence-corrected chi connectivity index (χ1v) is 11.2. The van der Waals surface area contributed by atoms with Gasteiger partial charge in [-0.05, 0) is 57.7 Å². The number of carbonyl (C=O) groups excluding carboxylic acids is 2. The van der Waals surface area contributed by atoms with Crippen molar-refractivity contribution < 1.29 is 9.59 Å². The largest absolute Gasteiger partial charge is 0.355 e. The zero-order valence-electron chi connectivity index (χ0n) is 18.1. The molecule has 0 saturated carbocycles. The van der Waals surface area contributed by atoms with E-state index in [1.165, 1.54) is 5.56 Å². The van der Waals surface area contributed by atoms with Crippen LogP contribution in [0.2, 0.25) is 0 Å². The molecule has 2 amide bonds. The summed E-state index contributed by atoms with van der Waals surface area (Å²) in [6, 6.07) is 13.2. The molecule has 0 radical (unpaired) electrons. The highest BCUT2D eigenvalue weighted by Gasteiger charge is 2.20. The number of benzene rings is 2. The van der Waals surface area contributed by atoms with Crippen LogP contribution in [0, 0.1) is 0 Å². The number of rotatable bonds is 6. The van der Waals surface area contributed by atoms with E-state index >= 15 is 0 Å². The van der Waals surface area contributed by atoms with E-state index in [1.54, 1.807) is 30.3 Å². The third-order valence-corrected chi connectivity index (χ3v) is 5.98. The van der Waals surface area contributed by atoms with E-state index in [0.717, 1.165) is 17.7 Å². The van der Waals surface area contributed by atoms with Crippen molar-refractivity contribution in [3.05, 3.63) is 69.8 Å². The van der Waals surface area contributed by atoms with Gasteiger partial charge in [0, 0.05) is 32.0 Å². The minimum Gasteiger partial charge on any atom is -0.355 e. The van der Waals surface area contributed by atoms with Crippen molar-refractivity contribution in [2.45, 2.75) is 13.0 Å². The van der Waals surface area contributed by atoms with Gasteiger partial charge in [-0.25, -0.2) is 4.98 Å². The first-order valence-electron chi connectivity index (χ1n) is 10.5. The van der Waals surface area contributed by atoms with Crippen molar-refractivity contribution in [3.63, 3.8) is 0 Å². The Morgan fingerprint density at radius 3 is 2.76 bits per heavy atom. The molecular weight excluding hydrogens is 486 g/mol. The smallest absolute Gasteiger partial charge is 0.253 e. The second-order valence-corrected chi connectivity index (χ2v) is 8.37. The van der Waals surface area contributed by atoms with Crippen molar-refractivity contribution in [2.24, 2.45) is 5.73 Å². The summed E-state index contributed by atoms with van der Waals surface area (Å²) in [7, 11) is 1.59. The average molecular weight is 510 g/mol. The Morgan fingerprint density at radius 1 is 1.15 bits per heavy atom. The number of hydrogen-bond donors (Lipinski definition) is 4. The molecule has 1 aliphatic rings. The Balaban J connectivity index is 1.55. The molecule has 9 nitrogen and oxygen atoms in total. The van der Waals surface area contributed by atoms with Crippen LogP contribution in [0.25, 0.3) is 0 Å². The SMILES string of the molecule is CNC(=O)c1ccccc1Nc1nc(Nc2ccc3c(c2)CN(C(=O)CN)CC3)ncc1Br. The van der Waals surface area contributed by atoms with Crippen LogP contribution in [0.15, 0.2) is 53.1 Å². The Morgan fingerprint density at radius 2 is 1.97 bits per heavy atom. The lowest BCUT2D eigenvalue weighted by atomic mass is 9.99. The molecule has 10 heteroatoms. The lowest BCUT2D eigenvalue weighted by molar-refractivity contribution is -0.130. The predicted molar refractivity (Wildman–Crippen MR) is 131 cm³/mol. The van der Waals surface area contributed by atoms with Crippen molar-refractivity contribution in [1.82, 2.24) is 20.2 Å². The summed E-state index contributed by atoms with van der Waals surface area (Å²) in [5, 5.41) is 9.06. The first kappa shape index (κ1) is 22.7. The van der Waals surface area contributed by atoms with E-state index in [9.17, 15) is 9.59 Å². The Labute approximate surface area is 199 Å². The Bertz CT molecular complexity index is 1200. The number of nitrogens with one attached hydrogen (secondary N) is 3. The Hall–Kier alpha value is -3.50. The van der Waals surface area contributed by atoms with Crippen LogP contribution in [0.5, 0.6) is 0 Å². The summed E-state index contributed by atoms with van der Waals surface area (Å²) in [6.07, 6.45) is 2.44. The molecule has 170 valence electrons. The van der Waals surface area contributed by atoms with E-state index in [1.807, 2.05) is 24.3 Å². The highest BCUT2D eigenvalue weighted by molar-refractivity contribution is 9.10. The molecule has 0 bridgehead atoms. The first-order chi connectivity index (χ1) is 16.0. The second-order valence-electron chi connectivity index (χ2n) is 7.52. The number of fused-ring (bicyclic) bond motifs is 1. The summed E-state index contributed by atoms with van der Waals surface area (Å²) >= 11 is 3.46. The molecule has 3 aromatic rings. The van der Waals surface area contributed by atoms with Gasteiger partial charge in [-0.3, -0.25) is 9.59 Å². The lowest BCUT2D eigenvalue weighted by Crippen LogP contribution is -2.39. The molecule has 5 N–H and O–H groups in total. The molecule has 33 heavy (non-hydrogen) atoms. The highest BCUT2D eigenvalue weighted by Crippen LogP contribution is 2.28. The van der Waals surface area contributed by atoms with Gasteiger partial charge in [0.2, 0.25) is 11.9 Å². The summed E-state index contributed by atoms with van der Waals surface area (Å²) < 4.78 is 0.654. The van der Waals surface area contributed by atoms with Crippen molar-refractivity contribution in [3.8, 4) is 0 Å². The van der Waals surface area contributed by atoms with Gasteiger partial charge in [0.15, 0.2) is 0 Å². The zero-order chi connectivity index (χ0) is 23.4. The van der Waals surface area contributed by atoms with Crippen LogP contribution >= 0.6 is 15.9 Å². The molecule has 0 spiro atoms. The van der Waals surface area contributed by atoms with Gasteiger partial charge in [-0.2, -0.15) is 4.98 Å². The molecule has 0 saturated heterocycles. The number of nitrogens with two attached hydrogens (primary N) is 1. The maximum atomic E-state index is 12.2. The van der Waals surface area contributed by atoms with Crippen LogP contribution in [-0.4, -0.2) is 46.8 Å². The normalized spacial score (nSPS) is 12.6. The summed E-state index contributed by atoms with van der Waals surface area (Å²) in [5.41, 5.74) is 9.75. The molecule has 1 aromatic heterocycles. The van der Waals surface area contributed by atoms with Gasteiger partial charge in [-0.1, -0.05) is 18.2 Å². The molecule has 2 aromatic carbocycles. The van der Waals surface area contributed by atoms with E-state index in [2.05, 4.69) is 47.9 Å². The Kier molecular flexibility index (Phi) is 6.85. The molecular formula is C23H24BrN7O2. The van der Waals surface area contributed by atoms with Crippen molar-refractivity contribution >= 4 is 50.9 Å². The topological polar surface area (TPSA) is 125 Å². The summed E-state index contributed by atoms with van der Waals surface area (Å²) in [4.78, 5) is 34.9. The predicted octanol–water partition coefficient (Wildman–Crippen LogP) is 2.93. The van der Waals surface area contributed by atoms with Gasteiger partial charge < -0.3 is 26.6 Å². The van der Waals surface area contributed by atoms with Crippen LogP contribution in [0.1, 0.15) is 21.5 Å². The van der Waals surface area contributed by atoms with Gasteiger partial charge in [0.25, 0.3) is 5.91 Å². The van der Waals surface area contributed by atoms with E-state index in [4.69, 9.17) is 5.73 Å². The molecule has 0 atom stereocenters. The maximum Gasteiger partial charge on any atom is 0.253 e. The minimum absolute atomic E-state index is 0.0127.